The summed E-state index contributed by atoms with van der Waals surface area (Å²) in [6.07, 6.45) is 4.13. The van der Waals surface area contributed by atoms with Crippen LogP contribution in [0.4, 0.5) is 0 Å². The van der Waals surface area contributed by atoms with E-state index in [0.29, 0.717) is 5.69 Å². The van der Waals surface area contributed by atoms with Gasteiger partial charge in [-0.15, -0.1) is 5.10 Å². The topological polar surface area (TPSA) is 54.5 Å². The van der Waals surface area contributed by atoms with Crippen molar-refractivity contribution >= 4 is 0 Å². The van der Waals surface area contributed by atoms with Crippen LogP contribution in [0.1, 0.15) is 44.5 Å². The van der Waals surface area contributed by atoms with Crippen molar-refractivity contribution in [1.29, 1.82) is 5.26 Å². The van der Waals surface area contributed by atoms with E-state index in [0.717, 1.165) is 37.9 Å². The predicted molar refractivity (Wildman–Crippen MR) is 53.6 cm³/mol. The zero-order chi connectivity index (χ0) is 10.4. The molecule has 1 heterocycles. The average molecular weight is 192 g/mol. The summed E-state index contributed by atoms with van der Waals surface area (Å²) in [4.78, 5) is 0. The Hall–Kier alpha value is -1.37. The number of aryl methyl sites for hydroxylation is 1. The molecule has 0 N–H and O–H groups in total. The normalized spacial score (nSPS) is 10.1. The monoisotopic (exact) mass is 192 g/mol. The molecule has 0 fully saturated rings. The van der Waals surface area contributed by atoms with Crippen LogP contribution in [-0.2, 0) is 13.0 Å². The fourth-order valence-corrected chi connectivity index (χ4v) is 1.39. The number of nitrogens with zero attached hydrogens (tertiary/aromatic N) is 4. The van der Waals surface area contributed by atoms with E-state index >= 15 is 0 Å². The Kier molecular flexibility index (Phi) is 4.11. The van der Waals surface area contributed by atoms with Crippen LogP contribution in [0.5, 0.6) is 0 Å². The van der Waals surface area contributed by atoms with Crippen LogP contribution in [0.3, 0.4) is 0 Å². The smallest absolute Gasteiger partial charge is 0.185 e. The van der Waals surface area contributed by atoms with Gasteiger partial charge >= 0.3 is 0 Å². The van der Waals surface area contributed by atoms with Crippen LogP contribution in [0.15, 0.2) is 0 Å². The molecule has 4 heteroatoms. The molecule has 0 aliphatic rings. The zero-order valence-corrected chi connectivity index (χ0v) is 8.82. The molecular weight excluding hydrogens is 176 g/mol. The van der Waals surface area contributed by atoms with Gasteiger partial charge in [0.1, 0.15) is 6.07 Å². The Morgan fingerprint density at radius 2 is 2.14 bits per heavy atom. The summed E-state index contributed by atoms with van der Waals surface area (Å²) >= 11 is 0. The standard InChI is InChI=1S/C10H16N4/c1-3-5-7-14-10(6-4-2)9(8-11)12-13-14/h3-7H2,1-2H3. The third kappa shape index (κ3) is 2.32. The fourth-order valence-electron chi connectivity index (χ4n) is 1.39. The van der Waals surface area contributed by atoms with E-state index in [1.165, 1.54) is 0 Å². The molecule has 0 atom stereocenters. The third-order valence-corrected chi connectivity index (χ3v) is 2.15. The minimum Gasteiger partial charge on any atom is -0.248 e. The number of unbranched alkanes of at least 4 members (excludes halogenated alkanes) is 1. The molecule has 0 unspecified atom stereocenters. The minimum absolute atomic E-state index is 0.489. The molecular formula is C10H16N4. The Morgan fingerprint density at radius 3 is 2.71 bits per heavy atom. The van der Waals surface area contributed by atoms with Crippen LogP contribution in [-0.4, -0.2) is 15.0 Å². The van der Waals surface area contributed by atoms with Crippen molar-refractivity contribution in [2.24, 2.45) is 0 Å². The highest BCUT2D eigenvalue weighted by Gasteiger charge is 2.10. The maximum absolute atomic E-state index is 8.82. The Labute approximate surface area is 84.5 Å². The van der Waals surface area contributed by atoms with E-state index in [9.17, 15) is 0 Å². The van der Waals surface area contributed by atoms with Crippen LogP contribution in [0.2, 0.25) is 0 Å². The highest BCUT2D eigenvalue weighted by molar-refractivity contribution is 5.24. The number of hydrogen-bond donors (Lipinski definition) is 0. The second-order valence-corrected chi connectivity index (χ2v) is 3.32. The maximum Gasteiger partial charge on any atom is 0.185 e. The molecule has 1 rings (SSSR count). The number of hydrogen-bond acceptors (Lipinski definition) is 3. The van der Waals surface area contributed by atoms with E-state index in [1.54, 1.807) is 0 Å². The van der Waals surface area contributed by atoms with Gasteiger partial charge in [-0.05, 0) is 12.8 Å². The summed E-state index contributed by atoms with van der Waals surface area (Å²) < 4.78 is 1.87. The lowest BCUT2D eigenvalue weighted by atomic mass is 10.2. The molecule has 0 aliphatic carbocycles. The lowest BCUT2D eigenvalue weighted by Gasteiger charge is -2.03. The minimum atomic E-state index is 0.489. The molecule has 0 radical (unpaired) electrons. The van der Waals surface area contributed by atoms with Crippen molar-refractivity contribution in [3.8, 4) is 6.07 Å². The summed E-state index contributed by atoms with van der Waals surface area (Å²) in [5.41, 5.74) is 1.48. The van der Waals surface area contributed by atoms with Crippen molar-refractivity contribution in [2.45, 2.75) is 46.1 Å². The van der Waals surface area contributed by atoms with Gasteiger partial charge in [-0.25, -0.2) is 4.68 Å². The molecule has 1 aromatic rings. The van der Waals surface area contributed by atoms with Gasteiger partial charge < -0.3 is 0 Å². The number of nitriles is 1. The molecule has 1 aromatic heterocycles. The number of rotatable bonds is 5. The highest BCUT2D eigenvalue weighted by atomic mass is 15.4. The molecule has 0 aromatic carbocycles. The van der Waals surface area contributed by atoms with Crippen molar-refractivity contribution in [3.05, 3.63) is 11.4 Å². The maximum atomic E-state index is 8.82. The van der Waals surface area contributed by atoms with Gasteiger partial charge in [0.05, 0.1) is 5.69 Å². The van der Waals surface area contributed by atoms with Crippen molar-refractivity contribution in [2.75, 3.05) is 0 Å². The molecule has 0 saturated carbocycles. The van der Waals surface area contributed by atoms with Crippen LogP contribution in [0.25, 0.3) is 0 Å². The SMILES string of the molecule is CCCCn1nnc(C#N)c1CCC. The van der Waals surface area contributed by atoms with Gasteiger partial charge in [0.15, 0.2) is 5.69 Å². The molecule has 0 saturated heterocycles. The molecule has 4 nitrogen and oxygen atoms in total. The second kappa shape index (κ2) is 5.38. The van der Waals surface area contributed by atoms with E-state index < -0.39 is 0 Å². The second-order valence-electron chi connectivity index (χ2n) is 3.32. The molecule has 0 amide bonds. The van der Waals surface area contributed by atoms with Gasteiger partial charge in [-0.2, -0.15) is 5.26 Å². The van der Waals surface area contributed by atoms with Gasteiger partial charge in [0.25, 0.3) is 0 Å². The number of aromatic nitrogens is 3. The molecule has 76 valence electrons. The van der Waals surface area contributed by atoms with Gasteiger partial charge in [-0.1, -0.05) is 31.9 Å². The van der Waals surface area contributed by atoms with E-state index in [4.69, 9.17) is 5.26 Å². The largest absolute Gasteiger partial charge is 0.248 e. The molecule has 0 aliphatic heterocycles. The Bertz CT molecular complexity index is 321. The summed E-state index contributed by atoms with van der Waals surface area (Å²) in [6.45, 7) is 5.11. The third-order valence-electron chi connectivity index (χ3n) is 2.15. The first kappa shape index (κ1) is 10.7. The summed E-state index contributed by atoms with van der Waals surface area (Å²) in [7, 11) is 0. The van der Waals surface area contributed by atoms with Crippen molar-refractivity contribution in [1.82, 2.24) is 15.0 Å². The zero-order valence-electron chi connectivity index (χ0n) is 8.82. The summed E-state index contributed by atoms with van der Waals surface area (Å²) in [6, 6.07) is 2.08. The first-order valence-electron chi connectivity index (χ1n) is 5.15. The molecule has 0 spiro atoms. The van der Waals surface area contributed by atoms with Crippen LogP contribution in [0, 0.1) is 11.3 Å². The van der Waals surface area contributed by atoms with Crippen LogP contribution >= 0.6 is 0 Å². The van der Waals surface area contributed by atoms with E-state index in [2.05, 4.69) is 30.2 Å². The first-order chi connectivity index (χ1) is 6.83. The highest BCUT2D eigenvalue weighted by Crippen LogP contribution is 2.08. The molecule has 0 bridgehead atoms. The Morgan fingerprint density at radius 1 is 1.36 bits per heavy atom. The van der Waals surface area contributed by atoms with Gasteiger partial charge in [0, 0.05) is 6.54 Å². The molecule has 14 heavy (non-hydrogen) atoms. The quantitative estimate of drug-likeness (QED) is 0.716. The van der Waals surface area contributed by atoms with Crippen molar-refractivity contribution in [3.63, 3.8) is 0 Å². The van der Waals surface area contributed by atoms with E-state index in [1.807, 2.05) is 4.68 Å². The average Bonchev–Trinajstić information content (AvgIpc) is 2.58. The first-order valence-corrected chi connectivity index (χ1v) is 5.15. The van der Waals surface area contributed by atoms with Crippen molar-refractivity contribution < 1.29 is 0 Å². The Balaban J connectivity index is 2.82. The lowest BCUT2D eigenvalue weighted by Crippen LogP contribution is -2.05. The predicted octanol–water partition coefficient (Wildman–Crippen LogP) is 1.90. The summed E-state index contributed by atoms with van der Waals surface area (Å²) in [5.74, 6) is 0. The fraction of sp³-hybridized carbons (Fsp3) is 0.700. The summed E-state index contributed by atoms with van der Waals surface area (Å²) in [5, 5.41) is 16.7. The van der Waals surface area contributed by atoms with E-state index in [-0.39, 0.29) is 0 Å². The lowest BCUT2D eigenvalue weighted by molar-refractivity contribution is 0.531. The van der Waals surface area contributed by atoms with Gasteiger partial charge in [-0.3, -0.25) is 0 Å². The van der Waals surface area contributed by atoms with Gasteiger partial charge in [0.2, 0.25) is 0 Å². The van der Waals surface area contributed by atoms with Crippen LogP contribution < -0.4 is 0 Å².